The number of benzene rings is 7. The molecule has 0 unspecified atom stereocenters. The van der Waals surface area contributed by atoms with Gasteiger partial charge in [-0.05, 0) is 85.2 Å². The zero-order valence-electron chi connectivity index (χ0n) is 42.7. The molecule has 0 amide bonds. The van der Waals surface area contributed by atoms with E-state index in [2.05, 4.69) is 245 Å². The molecule has 3 heterocycles. The maximum Gasteiger partial charge on any atom is 0.148 e. The minimum Gasteiger partial charge on any atom is -0.507 e. The predicted octanol–water partition coefficient (Wildman–Crippen LogP) is 18.2. The third kappa shape index (κ3) is 9.60. The molecule has 10 rings (SSSR count). The maximum absolute atomic E-state index is 12.5. The van der Waals surface area contributed by atoms with Gasteiger partial charge in [-0.15, -0.1) is 40.7 Å². The molecule has 0 atom stereocenters. The summed E-state index contributed by atoms with van der Waals surface area (Å²) in [5.74, 6) is 1.29. The van der Waals surface area contributed by atoms with Crippen LogP contribution in [-0.4, -0.2) is 19.6 Å². The van der Waals surface area contributed by atoms with E-state index in [1.165, 1.54) is 32.7 Å². The Kier molecular flexibility index (Phi) is 13.3. The zero-order valence-corrected chi connectivity index (χ0v) is 45.8. The van der Waals surface area contributed by atoms with Gasteiger partial charge in [0.1, 0.15) is 11.6 Å². The number of phenolic OH excluding ortho intramolecular Hbond substituents is 1. The SMILES string of the molecule is CC(C)c1cc(-c2ccccc2)ccc1-c1cc2cc(-c3[c-]c(-c4cccc5c4nc(-c4cc(C(C)(C)C)cc(C(C)(C)C)c4O)n5-c4ccccc4-c4ccccc4)cc(C(C)(C)C)c3)ncc2s1.[Pt]. The average Bonchev–Trinajstić information content (AvgIpc) is 3.95. The third-order valence-corrected chi connectivity index (χ3v) is 14.8. The predicted molar refractivity (Wildman–Crippen MR) is 298 cm³/mol. The van der Waals surface area contributed by atoms with Crippen LogP contribution in [0.2, 0.25) is 0 Å². The van der Waals surface area contributed by atoms with E-state index >= 15 is 0 Å². The molecule has 71 heavy (non-hydrogen) atoms. The van der Waals surface area contributed by atoms with Crippen molar-refractivity contribution in [3.8, 4) is 77.9 Å². The van der Waals surface area contributed by atoms with Gasteiger partial charge in [0, 0.05) is 49.0 Å². The fourth-order valence-corrected chi connectivity index (χ4v) is 10.7. The first-order chi connectivity index (χ1) is 33.3. The Morgan fingerprint density at radius 1 is 0.563 bits per heavy atom. The van der Waals surface area contributed by atoms with E-state index < -0.39 is 0 Å². The quantitative estimate of drug-likeness (QED) is 0.154. The molecular formula is C65H62N3OPtS-. The van der Waals surface area contributed by atoms with Gasteiger partial charge in [0.2, 0.25) is 0 Å². The summed E-state index contributed by atoms with van der Waals surface area (Å²) in [5.41, 5.74) is 17.0. The molecule has 1 N–H and O–H groups in total. The standard InChI is InChI=1S/C65H62N3OS.Pt/c1-40(2)52-34-43(41-21-14-12-15-22-41)29-30-51(52)58-36-46-35-55(66-39-59(46)70-58)45-31-44(32-47(33-45)63(3,4)5)50-26-20-28-57-60(50)67-62(53-37-48(64(6,7)8)38-54(61(53)69)65(9,10)11)68(57)56-27-19-18-25-49(56)42-23-16-13-17-24-42;/h12-30,32-40,69H,1-11H3;/q-1;. The van der Waals surface area contributed by atoms with E-state index in [0.717, 1.165) is 71.4 Å². The molecule has 10 aromatic rings. The number of hydrogen-bond acceptors (Lipinski definition) is 4. The molecular weight excluding hydrogens is 1070 g/mol. The van der Waals surface area contributed by atoms with Gasteiger partial charge >= 0.3 is 0 Å². The molecule has 0 saturated carbocycles. The Hall–Kier alpha value is -6.39. The van der Waals surface area contributed by atoms with Gasteiger partial charge in [0.25, 0.3) is 0 Å². The van der Waals surface area contributed by atoms with Gasteiger partial charge in [-0.1, -0.05) is 209 Å². The number of pyridine rings is 1. The van der Waals surface area contributed by atoms with Crippen LogP contribution < -0.4 is 0 Å². The number of imidazole rings is 1. The topological polar surface area (TPSA) is 50.9 Å². The second-order valence-corrected chi connectivity index (χ2v) is 23.3. The number of aromatic nitrogens is 3. The number of phenols is 1. The first-order valence-corrected chi connectivity index (χ1v) is 25.4. The second kappa shape index (κ2) is 19.0. The summed E-state index contributed by atoms with van der Waals surface area (Å²) >= 11 is 1.80. The number of fused-ring (bicyclic) bond motifs is 2. The molecule has 4 nitrogen and oxygen atoms in total. The van der Waals surface area contributed by atoms with Gasteiger partial charge < -0.3 is 5.11 Å². The first-order valence-electron chi connectivity index (χ1n) is 24.6. The van der Waals surface area contributed by atoms with Crippen LogP contribution >= 0.6 is 11.3 Å². The van der Waals surface area contributed by atoms with E-state index in [1.807, 2.05) is 6.20 Å². The van der Waals surface area contributed by atoms with Gasteiger partial charge in [-0.25, -0.2) is 4.98 Å². The van der Waals surface area contributed by atoms with Gasteiger partial charge in [0.05, 0.1) is 27.0 Å². The minimum atomic E-state index is -0.324. The summed E-state index contributed by atoms with van der Waals surface area (Å²) in [6, 6.07) is 60.4. The summed E-state index contributed by atoms with van der Waals surface area (Å²) in [6.07, 6.45) is 2.03. The van der Waals surface area contributed by atoms with Crippen molar-refractivity contribution in [2.75, 3.05) is 0 Å². The van der Waals surface area contributed by atoms with Crippen molar-refractivity contribution in [3.63, 3.8) is 0 Å². The van der Waals surface area contributed by atoms with Gasteiger partial charge in [-0.3, -0.25) is 9.55 Å². The normalized spacial score (nSPS) is 12.2. The van der Waals surface area contributed by atoms with E-state index in [1.54, 1.807) is 11.3 Å². The summed E-state index contributed by atoms with van der Waals surface area (Å²) in [6.45, 7) is 24.5. The molecule has 3 aromatic heterocycles. The Labute approximate surface area is 438 Å². The summed E-state index contributed by atoms with van der Waals surface area (Å²) in [4.78, 5) is 12.0. The van der Waals surface area contributed by atoms with Crippen LogP contribution in [0, 0.1) is 6.07 Å². The van der Waals surface area contributed by atoms with Crippen molar-refractivity contribution in [1.29, 1.82) is 0 Å². The van der Waals surface area contributed by atoms with Crippen molar-refractivity contribution in [2.24, 2.45) is 0 Å². The average molecular weight is 1130 g/mol. The summed E-state index contributed by atoms with van der Waals surface area (Å²) in [7, 11) is 0. The molecule has 0 saturated heterocycles. The molecule has 0 radical (unpaired) electrons. The van der Waals surface area contributed by atoms with Crippen molar-refractivity contribution >= 4 is 32.5 Å². The fraction of sp³-hybridized carbons (Fsp3) is 0.231. The van der Waals surface area contributed by atoms with Crippen LogP contribution in [0.25, 0.3) is 93.3 Å². The van der Waals surface area contributed by atoms with Crippen molar-refractivity contribution < 1.29 is 26.2 Å². The van der Waals surface area contributed by atoms with E-state index in [0.29, 0.717) is 17.3 Å². The number of hydrogen-bond donors (Lipinski definition) is 1. The van der Waals surface area contributed by atoms with Gasteiger partial charge in [0.15, 0.2) is 0 Å². The Morgan fingerprint density at radius 3 is 1.87 bits per heavy atom. The number of rotatable bonds is 8. The van der Waals surface area contributed by atoms with Crippen LogP contribution in [0.5, 0.6) is 5.75 Å². The molecule has 6 heteroatoms. The minimum absolute atomic E-state index is 0. The number of aromatic hydroxyl groups is 1. The van der Waals surface area contributed by atoms with Crippen molar-refractivity contribution in [1.82, 2.24) is 14.5 Å². The third-order valence-electron chi connectivity index (χ3n) is 13.7. The van der Waals surface area contributed by atoms with Crippen LogP contribution in [0.1, 0.15) is 104 Å². The molecule has 7 aromatic carbocycles. The molecule has 0 aliphatic carbocycles. The smallest absolute Gasteiger partial charge is 0.148 e. The zero-order chi connectivity index (χ0) is 49.3. The van der Waals surface area contributed by atoms with Crippen molar-refractivity contribution in [3.05, 3.63) is 192 Å². The van der Waals surface area contributed by atoms with E-state index in [-0.39, 0.29) is 43.1 Å². The Morgan fingerprint density at radius 2 is 1.20 bits per heavy atom. The molecule has 0 aliphatic heterocycles. The van der Waals surface area contributed by atoms with Crippen molar-refractivity contribution in [2.45, 2.75) is 98.3 Å². The molecule has 360 valence electrons. The number of nitrogens with zero attached hydrogens (tertiary/aromatic N) is 3. The van der Waals surface area contributed by atoms with Crippen LogP contribution in [0.3, 0.4) is 0 Å². The number of para-hydroxylation sites is 2. The number of thiophene rings is 1. The second-order valence-electron chi connectivity index (χ2n) is 22.2. The Bertz CT molecular complexity index is 3580. The monoisotopic (exact) mass is 1130 g/mol. The van der Waals surface area contributed by atoms with Crippen LogP contribution in [0.15, 0.2) is 164 Å². The first kappa shape index (κ1) is 49.6. The van der Waals surface area contributed by atoms with E-state index in [9.17, 15) is 5.11 Å². The summed E-state index contributed by atoms with van der Waals surface area (Å²) < 4.78 is 3.41. The van der Waals surface area contributed by atoms with E-state index in [4.69, 9.17) is 9.97 Å². The molecule has 0 fully saturated rings. The van der Waals surface area contributed by atoms with Gasteiger partial charge in [-0.2, -0.15) is 0 Å². The Balaban J connectivity index is 0.00000624. The fourth-order valence-electron chi connectivity index (χ4n) is 9.67. The summed E-state index contributed by atoms with van der Waals surface area (Å²) in [5, 5.41) is 13.7. The molecule has 0 spiro atoms. The largest absolute Gasteiger partial charge is 0.507 e. The molecule has 0 bridgehead atoms. The van der Waals surface area contributed by atoms with Crippen LogP contribution in [0.4, 0.5) is 0 Å². The maximum atomic E-state index is 12.5. The molecule has 0 aliphatic rings. The van der Waals surface area contributed by atoms with Crippen LogP contribution in [-0.2, 0) is 37.3 Å².